The summed E-state index contributed by atoms with van der Waals surface area (Å²) >= 11 is 0. The lowest BCUT2D eigenvalue weighted by molar-refractivity contribution is -0.284. The molecule has 4 saturated heterocycles. The van der Waals surface area contributed by atoms with Crippen molar-refractivity contribution in [2.75, 3.05) is 6.61 Å². The summed E-state index contributed by atoms with van der Waals surface area (Å²) in [5.41, 5.74) is -4.59. The zero-order valence-corrected chi connectivity index (χ0v) is 29.7. The van der Waals surface area contributed by atoms with Crippen molar-refractivity contribution in [1.29, 1.82) is 0 Å². The molecule has 1 aromatic heterocycles. The quantitative estimate of drug-likeness (QED) is 0.202. The van der Waals surface area contributed by atoms with E-state index in [1.165, 1.54) is 0 Å². The Morgan fingerprint density at radius 2 is 1.65 bits per heavy atom. The van der Waals surface area contributed by atoms with E-state index in [9.17, 15) is 14.7 Å². The van der Waals surface area contributed by atoms with E-state index in [1.807, 2.05) is 19.9 Å². The Hall–Kier alpha value is -2.23. The first-order valence-electron chi connectivity index (χ1n) is 19.5. The second kappa shape index (κ2) is 10.7. The fourth-order valence-corrected chi connectivity index (χ4v) is 14.1. The number of aryl methyl sites for hydroxylation is 1. The van der Waals surface area contributed by atoms with Crippen molar-refractivity contribution < 1.29 is 42.9 Å². The fourth-order valence-electron chi connectivity index (χ4n) is 14.1. The number of hydrogen-bond acceptors (Lipinski definition) is 9. The normalized spacial score (nSPS) is 46.3. The van der Waals surface area contributed by atoms with Gasteiger partial charge in [-0.25, -0.2) is 4.79 Å². The predicted molar refractivity (Wildman–Crippen MR) is 176 cm³/mol. The van der Waals surface area contributed by atoms with Crippen LogP contribution < -0.4 is 0 Å². The summed E-state index contributed by atoms with van der Waals surface area (Å²) in [6, 6.07) is 1.95. The maximum absolute atomic E-state index is 15.3. The number of rotatable bonds is 6. The highest BCUT2D eigenvalue weighted by atomic mass is 16.7. The van der Waals surface area contributed by atoms with Crippen LogP contribution in [0.5, 0.6) is 0 Å². The molecule has 0 bridgehead atoms. The molecule has 3 spiro atoms. The highest BCUT2D eigenvalue weighted by Gasteiger charge is 2.93. The standard InChI is InChI=1S/C40H54O9/c1-5-6-8-15-25-24(17-21-45-25)30-36(4)20-16-26-38-22-46-34(44)37(18-11-12-19-37)33(38)49-35(2,3)28(38)27(41)29(42)39(26,23-13-9-7-10-14-23)40(36)31(48-40)32(43)47-30/h17,21,23,26,28-31,33,42H,5-16,18-20,22H2,1-4H3/t26-,28-,29-,30+,31-,33+,36+,38-,39+,40-/m1/s1. The summed E-state index contributed by atoms with van der Waals surface area (Å²) in [4.78, 5) is 43.4. The molecule has 9 heteroatoms. The summed E-state index contributed by atoms with van der Waals surface area (Å²) in [5.74, 6) is -0.955. The SMILES string of the molecule is CCCCCc1occc1[C@@H]1OC(=O)[C@H]2O[C@]23[C@]2(C4CCCCC4)[C@H](O)C(=O)[C@@H]4C(C)(C)O[C@H]5C6(CCCC6)C(=O)OC[C@@]45[C@H]2CC[C@@]13C. The lowest BCUT2D eigenvalue weighted by atomic mass is 9.32. The molecule has 4 aliphatic heterocycles. The summed E-state index contributed by atoms with van der Waals surface area (Å²) in [6.45, 7) is 8.39. The van der Waals surface area contributed by atoms with Gasteiger partial charge in [-0.1, -0.05) is 58.8 Å². The molecule has 8 aliphatic rings. The van der Waals surface area contributed by atoms with Crippen LogP contribution in [0.15, 0.2) is 16.7 Å². The van der Waals surface area contributed by atoms with Crippen molar-refractivity contribution in [2.24, 2.45) is 39.4 Å². The minimum atomic E-state index is -1.35. The number of carbonyl (C=O) groups excluding carboxylic acids is 3. The van der Waals surface area contributed by atoms with Gasteiger partial charge in [0.1, 0.15) is 30.2 Å². The molecule has 0 radical (unpaired) electrons. The summed E-state index contributed by atoms with van der Waals surface area (Å²) in [5, 5.41) is 13.0. The van der Waals surface area contributed by atoms with Gasteiger partial charge in [-0.15, -0.1) is 0 Å². The number of furan rings is 1. The minimum Gasteiger partial charge on any atom is -0.469 e. The first-order chi connectivity index (χ1) is 23.5. The molecule has 0 aromatic carbocycles. The highest BCUT2D eigenvalue weighted by Crippen LogP contribution is 2.83. The van der Waals surface area contributed by atoms with Crippen LogP contribution in [0, 0.1) is 39.4 Å². The Kier molecular flexibility index (Phi) is 7.11. The summed E-state index contributed by atoms with van der Waals surface area (Å²) in [7, 11) is 0. The number of unbranched alkanes of at least 4 members (excludes halogenated alkanes) is 2. The number of cyclic esters (lactones) is 2. The average molecular weight is 679 g/mol. The maximum Gasteiger partial charge on any atom is 0.339 e. The highest BCUT2D eigenvalue weighted by molar-refractivity contribution is 5.92. The lowest BCUT2D eigenvalue weighted by Gasteiger charge is -2.70. The van der Waals surface area contributed by atoms with E-state index in [0.717, 1.165) is 82.0 Å². The van der Waals surface area contributed by atoms with E-state index in [0.29, 0.717) is 25.7 Å². The summed E-state index contributed by atoms with van der Waals surface area (Å²) < 4.78 is 32.8. The third-order valence-electron chi connectivity index (χ3n) is 15.7. The van der Waals surface area contributed by atoms with E-state index >= 15 is 4.79 Å². The molecule has 0 unspecified atom stereocenters. The number of epoxide rings is 1. The second-order valence-corrected chi connectivity index (χ2v) is 18.0. The number of fused-ring (bicyclic) bond motifs is 2. The van der Waals surface area contributed by atoms with Gasteiger partial charge in [-0.3, -0.25) is 9.59 Å². The third kappa shape index (κ3) is 3.71. The molecule has 9 nitrogen and oxygen atoms in total. The van der Waals surface area contributed by atoms with Crippen LogP contribution in [0.2, 0.25) is 0 Å². The van der Waals surface area contributed by atoms with E-state index in [-0.39, 0.29) is 30.2 Å². The molecule has 9 rings (SSSR count). The van der Waals surface area contributed by atoms with Gasteiger partial charge in [0.25, 0.3) is 0 Å². The first-order valence-corrected chi connectivity index (χ1v) is 19.5. The number of esters is 2. The molecule has 1 aromatic rings. The number of ether oxygens (including phenoxy) is 4. The average Bonchev–Trinajstić information content (AvgIpc) is 3.34. The molecule has 0 amide bonds. The number of Topliss-reactive ketones (excluding diaryl/α,β-unsaturated/α-hetero) is 1. The van der Waals surface area contributed by atoms with Crippen LogP contribution >= 0.6 is 0 Å². The molecular weight excluding hydrogens is 624 g/mol. The van der Waals surface area contributed by atoms with Crippen molar-refractivity contribution in [2.45, 2.75) is 160 Å². The topological polar surface area (TPSA) is 125 Å². The Labute approximate surface area is 289 Å². The molecule has 5 heterocycles. The van der Waals surface area contributed by atoms with Gasteiger partial charge in [0.05, 0.1) is 29.3 Å². The van der Waals surface area contributed by atoms with Crippen molar-refractivity contribution in [3.63, 3.8) is 0 Å². The smallest absolute Gasteiger partial charge is 0.339 e. The molecule has 49 heavy (non-hydrogen) atoms. The monoisotopic (exact) mass is 678 g/mol. The van der Waals surface area contributed by atoms with Crippen LogP contribution in [-0.2, 0) is 39.8 Å². The number of hydrogen-bond donors (Lipinski definition) is 1. The Morgan fingerprint density at radius 3 is 2.39 bits per heavy atom. The number of aliphatic hydroxyl groups excluding tert-OH is 1. The summed E-state index contributed by atoms with van der Waals surface area (Å²) in [6.07, 6.45) is 11.6. The first kappa shape index (κ1) is 32.7. The minimum absolute atomic E-state index is 0.0495. The van der Waals surface area contributed by atoms with Gasteiger partial charge in [0.15, 0.2) is 11.9 Å². The molecular formula is C40H54O9. The van der Waals surface area contributed by atoms with E-state index in [2.05, 4.69) is 13.8 Å². The van der Waals surface area contributed by atoms with Crippen LogP contribution in [0.4, 0.5) is 0 Å². The fraction of sp³-hybridized carbons (Fsp3) is 0.825. The van der Waals surface area contributed by atoms with Gasteiger partial charge in [0, 0.05) is 28.2 Å². The lowest BCUT2D eigenvalue weighted by Crippen LogP contribution is -2.79. The zero-order valence-electron chi connectivity index (χ0n) is 29.7. The zero-order chi connectivity index (χ0) is 34.2. The second-order valence-electron chi connectivity index (χ2n) is 18.0. The van der Waals surface area contributed by atoms with E-state index in [4.69, 9.17) is 23.4 Å². The van der Waals surface area contributed by atoms with Crippen molar-refractivity contribution in [3.05, 3.63) is 23.7 Å². The van der Waals surface area contributed by atoms with Crippen LogP contribution in [0.1, 0.15) is 135 Å². The van der Waals surface area contributed by atoms with Gasteiger partial charge in [0.2, 0.25) is 0 Å². The van der Waals surface area contributed by atoms with Gasteiger partial charge >= 0.3 is 11.9 Å². The van der Waals surface area contributed by atoms with Gasteiger partial charge in [-0.2, -0.15) is 0 Å². The van der Waals surface area contributed by atoms with E-state index < -0.39 is 69.2 Å². The Balaban J connectivity index is 1.26. The van der Waals surface area contributed by atoms with E-state index in [1.54, 1.807) is 6.26 Å². The maximum atomic E-state index is 15.3. The molecule has 1 N–H and O–H groups in total. The number of aliphatic hydroxyl groups is 1. The Bertz CT molecular complexity index is 1550. The van der Waals surface area contributed by atoms with Crippen molar-refractivity contribution in [1.82, 2.24) is 0 Å². The largest absolute Gasteiger partial charge is 0.469 e. The van der Waals surface area contributed by atoms with Gasteiger partial charge < -0.3 is 28.5 Å². The third-order valence-corrected chi connectivity index (χ3v) is 15.7. The molecule has 4 aliphatic carbocycles. The van der Waals surface area contributed by atoms with Gasteiger partial charge in [-0.05, 0) is 76.7 Å². The number of carbonyl (C=O) groups is 3. The van der Waals surface area contributed by atoms with Crippen LogP contribution in [-0.4, -0.2) is 58.9 Å². The van der Waals surface area contributed by atoms with Crippen molar-refractivity contribution in [3.8, 4) is 0 Å². The number of ketones is 1. The molecule has 8 fully saturated rings. The predicted octanol–water partition coefficient (Wildman–Crippen LogP) is 6.57. The van der Waals surface area contributed by atoms with Crippen molar-refractivity contribution >= 4 is 17.7 Å². The van der Waals surface area contributed by atoms with Crippen LogP contribution in [0.3, 0.4) is 0 Å². The molecule has 4 saturated carbocycles. The van der Waals surface area contributed by atoms with Crippen LogP contribution in [0.25, 0.3) is 0 Å². The molecule has 10 atom stereocenters. The molecule has 268 valence electrons. The Morgan fingerprint density at radius 1 is 0.898 bits per heavy atom.